The number of aromatic hydroxyl groups is 1. The highest BCUT2D eigenvalue weighted by Gasteiger charge is 2.14. The molecule has 0 atom stereocenters. The number of hydrogen-bond donors (Lipinski definition) is 1. The molecule has 0 aliphatic carbocycles. The molecule has 0 saturated carbocycles. The molecule has 0 spiro atoms. The van der Waals surface area contributed by atoms with E-state index in [0.29, 0.717) is 4.47 Å². The van der Waals surface area contributed by atoms with Crippen LogP contribution in [0.2, 0.25) is 0 Å². The van der Waals surface area contributed by atoms with E-state index in [1.54, 1.807) is 24.5 Å². The van der Waals surface area contributed by atoms with Gasteiger partial charge in [-0.3, -0.25) is 4.98 Å². The first-order valence-electron chi connectivity index (χ1n) is 5.43. The fourth-order valence-electron chi connectivity index (χ4n) is 1.97. The Bertz CT molecular complexity index is 736. The molecule has 3 aromatic rings. The Morgan fingerprint density at radius 1 is 1.28 bits per heavy atom. The zero-order valence-corrected chi connectivity index (χ0v) is 11.2. The van der Waals surface area contributed by atoms with Crippen LogP contribution in [-0.2, 0) is 7.05 Å². The van der Waals surface area contributed by atoms with Crippen molar-refractivity contribution in [2.45, 2.75) is 0 Å². The number of nitrogens with zero attached hydrogens (tertiary/aromatic N) is 3. The highest BCUT2D eigenvalue weighted by atomic mass is 79.9. The minimum atomic E-state index is 0.206. The van der Waals surface area contributed by atoms with Gasteiger partial charge in [0.05, 0.1) is 21.7 Å². The molecule has 2 aromatic heterocycles. The number of hydrogen-bond acceptors (Lipinski definition) is 3. The molecule has 2 heterocycles. The quantitative estimate of drug-likeness (QED) is 0.751. The van der Waals surface area contributed by atoms with Crippen molar-refractivity contribution in [1.82, 2.24) is 14.5 Å². The average molecular weight is 304 g/mol. The van der Waals surface area contributed by atoms with E-state index in [1.165, 1.54) is 0 Å². The molecular weight excluding hydrogens is 294 g/mol. The van der Waals surface area contributed by atoms with Crippen LogP contribution in [0.4, 0.5) is 0 Å². The number of pyridine rings is 1. The van der Waals surface area contributed by atoms with Crippen molar-refractivity contribution >= 4 is 27.0 Å². The van der Waals surface area contributed by atoms with Gasteiger partial charge in [-0.05, 0) is 34.1 Å². The average Bonchev–Trinajstić information content (AvgIpc) is 2.71. The third-order valence-corrected chi connectivity index (χ3v) is 3.74. The van der Waals surface area contributed by atoms with Crippen LogP contribution in [0, 0.1) is 0 Å². The van der Waals surface area contributed by atoms with Gasteiger partial charge in [-0.1, -0.05) is 6.07 Å². The molecule has 90 valence electrons. The van der Waals surface area contributed by atoms with Gasteiger partial charge in [0, 0.05) is 18.8 Å². The maximum absolute atomic E-state index is 9.73. The number of halogens is 1. The molecule has 0 bridgehead atoms. The van der Waals surface area contributed by atoms with Gasteiger partial charge in [0.25, 0.3) is 0 Å². The smallest absolute Gasteiger partial charge is 0.142 e. The van der Waals surface area contributed by atoms with Crippen LogP contribution in [0.25, 0.3) is 22.4 Å². The van der Waals surface area contributed by atoms with Gasteiger partial charge in [0.2, 0.25) is 0 Å². The third-order valence-electron chi connectivity index (χ3n) is 2.90. The molecule has 5 heteroatoms. The second kappa shape index (κ2) is 4.10. The maximum Gasteiger partial charge on any atom is 0.142 e. The lowest BCUT2D eigenvalue weighted by atomic mass is 10.2. The van der Waals surface area contributed by atoms with E-state index in [-0.39, 0.29) is 5.75 Å². The zero-order chi connectivity index (χ0) is 12.7. The first kappa shape index (κ1) is 11.2. The van der Waals surface area contributed by atoms with Crippen molar-refractivity contribution < 1.29 is 5.11 Å². The SMILES string of the molecule is Cn1c(-c2cccc(O)c2Br)nc2ccncc21. The number of imidazole rings is 1. The molecule has 3 rings (SSSR count). The Labute approximate surface area is 112 Å². The largest absolute Gasteiger partial charge is 0.507 e. The van der Waals surface area contributed by atoms with E-state index in [1.807, 2.05) is 23.7 Å². The van der Waals surface area contributed by atoms with Gasteiger partial charge >= 0.3 is 0 Å². The summed E-state index contributed by atoms with van der Waals surface area (Å²) in [5.74, 6) is 0.999. The number of phenolic OH excluding ortho intramolecular Hbond substituents is 1. The second-order valence-corrected chi connectivity index (χ2v) is 4.79. The van der Waals surface area contributed by atoms with Crippen LogP contribution in [-0.4, -0.2) is 19.6 Å². The Kier molecular flexibility index (Phi) is 2.56. The molecule has 0 aliphatic heterocycles. The molecule has 0 saturated heterocycles. The predicted molar refractivity (Wildman–Crippen MR) is 73.3 cm³/mol. The van der Waals surface area contributed by atoms with E-state index in [9.17, 15) is 5.11 Å². The van der Waals surface area contributed by atoms with Crippen LogP contribution in [0.15, 0.2) is 41.1 Å². The van der Waals surface area contributed by atoms with Gasteiger partial charge in [-0.2, -0.15) is 0 Å². The van der Waals surface area contributed by atoms with Gasteiger partial charge < -0.3 is 9.67 Å². The third kappa shape index (κ3) is 1.59. The highest BCUT2D eigenvalue weighted by molar-refractivity contribution is 9.10. The van der Waals surface area contributed by atoms with Crippen molar-refractivity contribution in [2.75, 3.05) is 0 Å². The van der Waals surface area contributed by atoms with Gasteiger partial charge in [-0.25, -0.2) is 4.98 Å². The fourth-order valence-corrected chi connectivity index (χ4v) is 2.41. The number of aromatic nitrogens is 3. The lowest BCUT2D eigenvalue weighted by Gasteiger charge is -2.06. The van der Waals surface area contributed by atoms with E-state index in [4.69, 9.17) is 0 Å². The number of phenols is 1. The van der Waals surface area contributed by atoms with Gasteiger partial charge in [0.1, 0.15) is 11.6 Å². The van der Waals surface area contributed by atoms with Crippen molar-refractivity contribution in [3.8, 4) is 17.1 Å². The highest BCUT2D eigenvalue weighted by Crippen LogP contribution is 2.35. The van der Waals surface area contributed by atoms with Crippen LogP contribution in [0.5, 0.6) is 5.75 Å². The van der Waals surface area contributed by atoms with Crippen LogP contribution in [0.3, 0.4) is 0 Å². The summed E-state index contributed by atoms with van der Waals surface area (Å²) in [7, 11) is 1.93. The molecule has 0 radical (unpaired) electrons. The molecule has 18 heavy (non-hydrogen) atoms. The topological polar surface area (TPSA) is 50.9 Å². The normalized spacial score (nSPS) is 11.0. The minimum Gasteiger partial charge on any atom is -0.507 e. The predicted octanol–water partition coefficient (Wildman–Crippen LogP) is 3.10. The zero-order valence-electron chi connectivity index (χ0n) is 9.63. The number of fused-ring (bicyclic) bond motifs is 1. The van der Waals surface area contributed by atoms with Gasteiger partial charge in [0.15, 0.2) is 0 Å². The molecule has 1 aromatic carbocycles. The molecule has 0 fully saturated rings. The van der Waals surface area contributed by atoms with Crippen LogP contribution >= 0.6 is 15.9 Å². The summed E-state index contributed by atoms with van der Waals surface area (Å²) in [6, 6.07) is 7.22. The number of rotatable bonds is 1. The number of aryl methyl sites for hydroxylation is 1. The molecule has 4 nitrogen and oxygen atoms in total. The Morgan fingerprint density at radius 2 is 2.11 bits per heavy atom. The number of benzene rings is 1. The van der Waals surface area contributed by atoms with E-state index in [0.717, 1.165) is 22.4 Å². The lowest BCUT2D eigenvalue weighted by molar-refractivity contribution is 0.472. The Morgan fingerprint density at radius 3 is 2.89 bits per heavy atom. The minimum absolute atomic E-state index is 0.206. The summed E-state index contributed by atoms with van der Waals surface area (Å²) in [5.41, 5.74) is 2.70. The maximum atomic E-state index is 9.73. The first-order chi connectivity index (χ1) is 8.68. The van der Waals surface area contributed by atoms with Crippen molar-refractivity contribution in [3.63, 3.8) is 0 Å². The van der Waals surface area contributed by atoms with Crippen molar-refractivity contribution in [3.05, 3.63) is 41.1 Å². The summed E-state index contributed by atoms with van der Waals surface area (Å²) in [6.45, 7) is 0. The summed E-state index contributed by atoms with van der Waals surface area (Å²) in [4.78, 5) is 8.67. The van der Waals surface area contributed by atoms with Crippen LogP contribution in [0.1, 0.15) is 0 Å². The Hall–Kier alpha value is -1.88. The van der Waals surface area contributed by atoms with Crippen LogP contribution < -0.4 is 0 Å². The standard InChI is InChI=1S/C13H10BrN3O/c1-17-10-7-15-6-5-9(10)16-13(17)8-3-2-4-11(18)12(8)14/h2-7,18H,1H3. The summed E-state index contributed by atoms with van der Waals surface area (Å²) >= 11 is 3.39. The van der Waals surface area contributed by atoms with Crippen molar-refractivity contribution in [2.24, 2.45) is 7.05 Å². The lowest BCUT2D eigenvalue weighted by Crippen LogP contribution is -1.93. The molecular formula is C13H10BrN3O. The summed E-state index contributed by atoms with van der Waals surface area (Å²) in [5, 5.41) is 9.73. The molecule has 0 unspecified atom stereocenters. The first-order valence-corrected chi connectivity index (χ1v) is 6.22. The fraction of sp³-hybridized carbons (Fsp3) is 0.0769. The second-order valence-electron chi connectivity index (χ2n) is 4.00. The van der Waals surface area contributed by atoms with E-state index >= 15 is 0 Å². The van der Waals surface area contributed by atoms with Crippen molar-refractivity contribution in [1.29, 1.82) is 0 Å². The molecule has 0 aliphatic rings. The van der Waals surface area contributed by atoms with E-state index < -0.39 is 0 Å². The molecule has 1 N–H and O–H groups in total. The summed E-state index contributed by atoms with van der Waals surface area (Å²) < 4.78 is 2.61. The van der Waals surface area contributed by atoms with E-state index in [2.05, 4.69) is 25.9 Å². The monoisotopic (exact) mass is 303 g/mol. The molecule has 0 amide bonds. The summed E-state index contributed by atoms with van der Waals surface area (Å²) in [6.07, 6.45) is 3.50. The Balaban J connectivity index is 2.32. The van der Waals surface area contributed by atoms with Gasteiger partial charge in [-0.15, -0.1) is 0 Å².